The number of fused-ring (bicyclic) bond motifs is 6. The molecular weight excluding hydrogens is 918 g/mol. The van der Waals surface area contributed by atoms with Crippen LogP contribution in [0.5, 0.6) is 0 Å². The molecule has 15 heteroatoms. The van der Waals surface area contributed by atoms with Crippen molar-refractivity contribution in [2.24, 2.45) is 29.1 Å². The van der Waals surface area contributed by atoms with Gasteiger partial charge in [0.15, 0.2) is 0 Å². The van der Waals surface area contributed by atoms with Crippen LogP contribution in [0.3, 0.4) is 0 Å². The second-order valence-electron chi connectivity index (χ2n) is 17.6. The van der Waals surface area contributed by atoms with E-state index in [-0.39, 0.29) is 72.7 Å². The Labute approximate surface area is 374 Å². The first-order valence-corrected chi connectivity index (χ1v) is 23.8. The fraction of sp³-hybridized carbons (Fsp3) is 0.340. The second-order valence-corrected chi connectivity index (χ2v) is 20.8. The molecule has 2 aromatic heterocycles. The molecule has 3 aromatic carbocycles. The van der Waals surface area contributed by atoms with E-state index in [1.807, 2.05) is 75.7 Å². The van der Waals surface area contributed by atoms with E-state index in [1.165, 1.54) is 9.80 Å². The average Bonchev–Trinajstić information content (AvgIpc) is 4.10. The summed E-state index contributed by atoms with van der Waals surface area (Å²) in [6.07, 6.45) is 6.00. The molecule has 5 unspecified atom stereocenters. The van der Waals surface area contributed by atoms with E-state index >= 15 is 0 Å². The molecule has 320 valence electrons. The number of carbonyl (C=O) groups excluding carboxylic acids is 5. The number of thiazole rings is 1. The molecule has 3 fully saturated rings. The summed E-state index contributed by atoms with van der Waals surface area (Å²) in [5.74, 6) is -1.63. The number of aryl methyl sites for hydroxylation is 1. The molecule has 7 atom stereocenters. The van der Waals surface area contributed by atoms with Crippen molar-refractivity contribution in [2.45, 2.75) is 65.3 Å². The molecule has 0 spiro atoms. The molecule has 4 aliphatic rings. The van der Waals surface area contributed by atoms with Crippen molar-refractivity contribution in [1.82, 2.24) is 23.7 Å². The third-order valence-electron chi connectivity index (χ3n) is 12.5. The summed E-state index contributed by atoms with van der Waals surface area (Å²) in [7, 11) is 0. The molecule has 4 N–H and O–H groups in total. The van der Waals surface area contributed by atoms with Gasteiger partial charge in [0.25, 0.3) is 0 Å². The van der Waals surface area contributed by atoms with Crippen molar-refractivity contribution in [1.29, 1.82) is 0 Å². The summed E-state index contributed by atoms with van der Waals surface area (Å²) in [6, 6.07) is 20.5. The van der Waals surface area contributed by atoms with Crippen LogP contribution in [-0.2, 0) is 25.7 Å². The fourth-order valence-electron chi connectivity index (χ4n) is 9.26. The number of halogens is 1. The van der Waals surface area contributed by atoms with Crippen LogP contribution in [0.2, 0.25) is 0 Å². The minimum absolute atomic E-state index is 0.0599. The molecule has 1 saturated carbocycles. The number of nitrogens with one attached hydrogen (secondary N) is 3. The molecule has 5 amide bonds. The van der Waals surface area contributed by atoms with Gasteiger partial charge in [-0.05, 0) is 25.2 Å². The number of benzene rings is 3. The Morgan fingerprint density at radius 2 is 1.63 bits per heavy atom. The summed E-state index contributed by atoms with van der Waals surface area (Å²) in [5.41, 5.74) is 6.16. The number of para-hydroxylation sites is 1. The number of hydrogen-bond donors (Lipinski definition) is 4. The number of likely N-dealkylation sites (tertiary alicyclic amines) is 1. The van der Waals surface area contributed by atoms with Gasteiger partial charge in [0.1, 0.15) is 0 Å². The van der Waals surface area contributed by atoms with E-state index in [1.54, 1.807) is 47.9 Å². The maximum atomic E-state index is 14.4. The number of hydrogen-bond acceptors (Lipinski definition) is 10. The zero-order valence-corrected chi connectivity index (χ0v) is 37.6. The number of pyridine rings is 1. The molecule has 4 heterocycles. The number of aliphatic hydroxyl groups is 1. The number of anilines is 2. The Morgan fingerprint density at radius 1 is 0.919 bits per heavy atom. The van der Waals surface area contributed by atoms with E-state index in [2.05, 4.69) is 36.3 Å². The van der Waals surface area contributed by atoms with E-state index < -0.39 is 45.1 Å². The van der Waals surface area contributed by atoms with Crippen LogP contribution in [0.25, 0.3) is 21.3 Å². The Bertz CT molecular complexity index is 2600. The summed E-state index contributed by atoms with van der Waals surface area (Å²) >= 11 is 0.573. The molecule has 0 radical (unpaired) electrons. The van der Waals surface area contributed by atoms with E-state index in [4.69, 9.17) is 0 Å². The van der Waals surface area contributed by atoms with Crippen LogP contribution in [0.1, 0.15) is 55.2 Å². The van der Waals surface area contributed by atoms with Gasteiger partial charge >= 0.3 is 285 Å². The molecule has 2 aliphatic heterocycles. The molecule has 2 bridgehead atoms. The third kappa shape index (κ3) is 7.84. The predicted octanol–water partition coefficient (Wildman–Crippen LogP) is 2.69. The molecule has 9 rings (SSSR count). The van der Waals surface area contributed by atoms with Crippen molar-refractivity contribution >= 4 is 63.2 Å². The Kier molecular flexibility index (Phi) is 11.3. The number of carbonyl (C=O) groups is 5. The molecule has 2 saturated heterocycles. The van der Waals surface area contributed by atoms with Crippen LogP contribution in [0, 0.1) is 39.6 Å². The third-order valence-corrected chi connectivity index (χ3v) is 15.9. The molecule has 2 aliphatic carbocycles. The van der Waals surface area contributed by atoms with Crippen molar-refractivity contribution in [3.63, 3.8) is 0 Å². The van der Waals surface area contributed by atoms with Gasteiger partial charge in [0.05, 0.1) is 27.9 Å². The van der Waals surface area contributed by atoms with Gasteiger partial charge in [-0.25, -0.2) is 4.98 Å². The normalized spacial score (nSPS) is 23.4. The molecule has 5 aromatic rings. The molecule has 13 nitrogen and oxygen atoms in total. The fourth-order valence-corrected chi connectivity index (χ4v) is 13.0. The zero-order chi connectivity index (χ0) is 43.4. The van der Waals surface area contributed by atoms with Gasteiger partial charge in [-0.15, -0.1) is 11.3 Å². The number of allylic oxidation sites excluding steroid dienone is 2. The Morgan fingerprint density at radius 3 is 2.29 bits per heavy atom. The zero-order valence-electron chi connectivity index (χ0n) is 34.7. The maximum absolute atomic E-state index is 14.4. The van der Waals surface area contributed by atoms with Crippen molar-refractivity contribution < 1.29 is 50.6 Å². The summed E-state index contributed by atoms with van der Waals surface area (Å²) < 4.78 is 4.53. The van der Waals surface area contributed by atoms with Gasteiger partial charge in [0, 0.05) is 0 Å². The van der Waals surface area contributed by atoms with Crippen molar-refractivity contribution in [2.75, 3.05) is 16.8 Å². The van der Waals surface area contributed by atoms with E-state index in [0.717, 1.165) is 37.1 Å². The Balaban J connectivity index is 0.853. The number of aliphatic hydroxyl groups excluding tert-OH is 1. The van der Waals surface area contributed by atoms with Gasteiger partial charge in [-0.2, -0.15) is 0 Å². The summed E-state index contributed by atoms with van der Waals surface area (Å²) in [4.78, 5) is 81.1. The first-order valence-electron chi connectivity index (χ1n) is 20.8. The SMILES string of the molecule is Cc1ncsc1-c1ccc(CNC(=O)[C@@H]2C[C@@H](O)CN2C(=O)C(N[I-]c2ccnc3c(NC(=O)c4ccc(N5C(=O)C6C7C=CC(C7)C6C5=O)cc4)cccc23)C(C)(C)C)cc1. The number of rotatable bonds is 11. The van der Waals surface area contributed by atoms with E-state index in [9.17, 15) is 29.1 Å². The van der Waals surface area contributed by atoms with Gasteiger partial charge in [0.2, 0.25) is 0 Å². The molecular formula is C47H47IN7O6S-. The standard InChI is InChI=1S/C47H47IN7O6S/c1-25-40(62-24-51-25)27-10-8-26(9-11-27)22-50-43(58)36-21-32(56)23-54(36)46(61)41(47(2,3)4)53-48-34-18-19-49-39-33(34)6-5-7-35(39)52-42(57)28-14-16-31(17-15-28)55-44(59)37-29-12-13-30(20-29)38(37)45(55)60/h5-19,24,29-30,32,36-38,41,53,56H,20-23H2,1-4H3,(H,50,58)(H,52,57)/q-1/t29?,30?,32-,36+,37?,38?,41?/m1/s1. The Hall–Kier alpha value is -5.36. The summed E-state index contributed by atoms with van der Waals surface area (Å²) in [6.45, 7) is 8.25. The van der Waals surface area contributed by atoms with Crippen LogP contribution in [0.15, 0.2) is 96.7 Å². The number of amides is 5. The first-order chi connectivity index (χ1) is 29.8. The number of nitrogens with zero attached hydrogens (tertiary/aromatic N) is 4. The first kappa shape index (κ1) is 42.0. The van der Waals surface area contributed by atoms with Gasteiger partial charge in [-0.1, -0.05) is 12.2 Å². The van der Waals surface area contributed by atoms with Crippen LogP contribution in [0.4, 0.5) is 11.4 Å². The van der Waals surface area contributed by atoms with Crippen molar-refractivity contribution in [3.8, 4) is 10.4 Å². The van der Waals surface area contributed by atoms with Gasteiger partial charge in [-0.3, -0.25) is 9.59 Å². The topological polar surface area (TPSA) is 174 Å². The van der Waals surface area contributed by atoms with Crippen LogP contribution in [-0.4, -0.2) is 74.2 Å². The molecule has 62 heavy (non-hydrogen) atoms. The number of β-amino-alcohol motifs (C(OH)–C–C–N with tert-alkyl or cyclic N) is 1. The number of aromatic nitrogens is 2. The predicted molar refractivity (Wildman–Crippen MR) is 232 cm³/mol. The van der Waals surface area contributed by atoms with Gasteiger partial charge < -0.3 is 0 Å². The average molecular weight is 965 g/mol. The number of imide groups is 1. The second kappa shape index (κ2) is 16.7. The van der Waals surface area contributed by atoms with Crippen LogP contribution >= 0.6 is 11.3 Å². The van der Waals surface area contributed by atoms with Crippen LogP contribution < -0.4 is 40.5 Å². The van der Waals surface area contributed by atoms with Crippen molar-refractivity contribution in [3.05, 3.63) is 117 Å². The quantitative estimate of drug-likeness (QED) is 0.0673. The minimum atomic E-state index is -1.01. The monoisotopic (exact) mass is 964 g/mol. The van der Waals surface area contributed by atoms with E-state index in [0.29, 0.717) is 22.5 Å². The summed E-state index contributed by atoms with van der Waals surface area (Å²) in [5, 5.41) is 17.5.